The number of fused-ring (bicyclic) bond motifs is 11. The third-order valence-electron chi connectivity index (χ3n) is 9.07. The summed E-state index contributed by atoms with van der Waals surface area (Å²) in [5, 5.41) is 19.8. The number of benzene rings is 1. The minimum absolute atomic E-state index is 0.273. The lowest BCUT2D eigenvalue weighted by Crippen LogP contribution is -2.08. The SMILES string of the molecule is CCC1=C(C)c2cc3nc(cc4[nH]c(cc5[nH]c(cc1n2)c(CC)c5CC)c(CC)c4C)-c1cc(C(=O)O)c(C(=O)O)cc1-3. The van der Waals surface area contributed by atoms with Gasteiger partial charge in [-0.05, 0) is 109 Å². The number of aryl methyl sites for hydroxylation is 4. The number of aromatic amines is 2. The van der Waals surface area contributed by atoms with Crippen molar-refractivity contribution in [3.8, 4) is 22.5 Å². The topological polar surface area (TPSA) is 132 Å². The van der Waals surface area contributed by atoms with Gasteiger partial charge in [-0.3, -0.25) is 0 Å². The predicted molar refractivity (Wildman–Crippen MR) is 175 cm³/mol. The summed E-state index contributed by atoms with van der Waals surface area (Å²) in [6, 6.07) is 11.0. The van der Waals surface area contributed by atoms with Crippen LogP contribution in [0.3, 0.4) is 0 Å². The monoisotopic (exact) mass is 588 g/mol. The zero-order chi connectivity index (χ0) is 31.4. The Balaban J connectivity index is 1.82. The molecule has 8 heteroatoms. The van der Waals surface area contributed by atoms with Crippen LogP contribution >= 0.6 is 0 Å². The molecule has 0 saturated carbocycles. The Morgan fingerprint density at radius 2 is 1.07 bits per heavy atom. The largest absolute Gasteiger partial charge is 0.478 e. The molecule has 2 aliphatic heterocycles. The molecule has 2 aliphatic rings. The van der Waals surface area contributed by atoms with Crippen molar-refractivity contribution in [1.29, 1.82) is 0 Å². The number of rotatable bonds is 6. The van der Waals surface area contributed by atoms with E-state index in [9.17, 15) is 19.8 Å². The quantitative estimate of drug-likeness (QED) is 0.158. The standard InChI is InChI=1S/C36H36N4O4/c1-7-19-17(5)27-13-33-23-11-25(35(41)42)26(36(43)44)12-24(23)34(40-33)14-28-18(6)20(8-2)30(38-28)16-32-22(10-4)21(9-3)31(39-32)15-29(19)37-27/h11-16,37,39H,7-10H2,1-6H3,(H,41,42)(H,43,44). The van der Waals surface area contributed by atoms with Crippen LogP contribution in [0.4, 0.5) is 0 Å². The maximum Gasteiger partial charge on any atom is 0.336 e. The van der Waals surface area contributed by atoms with Gasteiger partial charge in [-0.2, -0.15) is 0 Å². The summed E-state index contributed by atoms with van der Waals surface area (Å²) in [5.74, 6) is -2.60. The summed E-state index contributed by atoms with van der Waals surface area (Å²) >= 11 is 0. The molecule has 0 amide bonds. The van der Waals surface area contributed by atoms with Crippen molar-refractivity contribution in [2.24, 2.45) is 0 Å². The van der Waals surface area contributed by atoms with Crippen molar-refractivity contribution >= 4 is 45.2 Å². The number of carbonyl (C=O) groups is 2. The summed E-state index contributed by atoms with van der Waals surface area (Å²) in [6.45, 7) is 12.7. The van der Waals surface area contributed by atoms with Gasteiger partial charge in [0.05, 0.1) is 33.9 Å². The molecule has 0 fully saturated rings. The Hall–Kier alpha value is -4.98. The summed E-state index contributed by atoms with van der Waals surface area (Å²) in [5.41, 5.74) is 14.4. The highest BCUT2D eigenvalue weighted by molar-refractivity contribution is 6.06. The van der Waals surface area contributed by atoms with E-state index in [1.54, 1.807) is 0 Å². The molecule has 8 bridgehead atoms. The zero-order valence-electron chi connectivity index (χ0n) is 25.9. The molecule has 0 atom stereocenters. The van der Waals surface area contributed by atoms with Crippen LogP contribution in [0.25, 0.3) is 55.7 Å². The van der Waals surface area contributed by atoms with Gasteiger partial charge in [-0.25, -0.2) is 19.6 Å². The summed E-state index contributed by atoms with van der Waals surface area (Å²) in [6.07, 6.45) is 3.40. The van der Waals surface area contributed by atoms with Gasteiger partial charge in [0, 0.05) is 33.2 Å². The molecule has 6 rings (SSSR count). The molecule has 0 unspecified atom stereocenters. The highest BCUT2D eigenvalue weighted by Gasteiger charge is 2.26. The fourth-order valence-electron chi connectivity index (χ4n) is 6.81. The molecular weight excluding hydrogens is 552 g/mol. The van der Waals surface area contributed by atoms with E-state index in [0.717, 1.165) is 75.8 Å². The van der Waals surface area contributed by atoms with Crippen LogP contribution in [0.15, 0.2) is 36.4 Å². The highest BCUT2D eigenvalue weighted by atomic mass is 16.4. The number of nitrogens with zero attached hydrogens (tertiary/aromatic N) is 2. The number of aromatic nitrogens is 4. The van der Waals surface area contributed by atoms with E-state index in [2.05, 4.69) is 63.6 Å². The first-order valence-corrected chi connectivity index (χ1v) is 15.2. The fourth-order valence-corrected chi connectivity index (χ4v) is 6.81. The van der Waals surface area contributed by atoms with Gasteiger partial charge in [0.2, 0.25) is 0 Å². The molecule has 0 saturated heterocycles. The number of allylic oxidation sites excluding steroid dienone is 2. The second-order valence-electron chi connectivity index (χ2n) is 11.4. The molecule has 8 nitrogen and oxygen atoms in total. The first kappa shape index (κ1) is 29.1. The van der Waals surface area contributed by atoms with Gasteiger partial charge in [-0.15, -0.1) is 0 Å². The first-order valence-electron chi connectivity index (χ1n) is 15.2. The van der Waals surface area contributed by atoms with Gasteiger partial charge >= 0.3 is 11.9 Å². The van der Waals surface area contributed by atoms with Gasteiger partial charge in [0.1, 0.15) is 0 Å². The molecule has 1 aromatic carbocycles. The van der Waals surface area contributed by atoms with E-state index >= 15 is 0 Å². The number of H-pyrrole nitrogens is 2. The average Bonchev–Trinajstić information content (AvgIpc) is 3.69. The Morgan fingerprint density at radius 3 is 1.61 bits per heavy atom. The first-order chi connectivity index (χ1) is 21.1. The molecule has 3 aromatic heterocycles. The summed E-state index contributed by atoms with van der Waals surface area (Å²) in [4.78, 5) is 41.6. The predicted octanol–water partition coefficient (Wildman–Crippen LogP) is 8.38. The average molecular weight is 589 g/mol. The van der Waals surface area contributed by atoms with Crippen LogP contribution in [-0.2, 0) is 19.3 Å². The smallest absolute Gasteiger partial charge is 0.336 e. The minimum atomic E-state index is -1.30. The number of nitrogens with one attached hydrogen (secondary N) is 2. The van der Waals surface area contributed by atoms with E-state index in [0.29, 0.717) is 22.5 Å². The van der Waals surface area contributed by atoms with Crippen LogP contribution in [0.1, 0.15) is 95.4 Å². The van der Waals surface area contributed by atoms with E-state index in [-0.39, 0.29) is 11.1 Å². The third kappa shape index (κ3) is 4.53. The Bertz CT molecular complexity index is 2100. The van der Waals surface area contributed by atoms with Crippen LogP contribution < -0.4 is 0 Å². The van der Waals surface area contributed by atoms with Gasteiger partial charge in [-0.1, -0.05) is 27.7 Å². The molecule has 224 valence electrons. The molecule has 5 heterocycles. The third-order valence-corrected chi connectivity index (χ3v) is 9.07. The van der Waals surface area contributed by atoms with E-state index in [4.69, 9.17) is 9.97 Å². The molecular formula is C36H36N4O4. The van der Waals surface area contributed by atoms with E-state index < -0.39 is 11.9 Å². The van der Waals surface area contributed by atoms with Crippen LogP contribution in [0, 0.1) is 6.92 Å². The van der Waals surface area contributed by atoms with Gasteiger partial charge < -0.3 is 20.2 Å². The normalized spacial score (nSPS) is 12.5. The lowest BCUT2D eigenvalue weighted by atomic mass is 9.96. The van der Waals surface area contributed by atoms with Crippen molar-refractivity contribution in [2.45, 2.75) is 67.2 Å². The van der Waals surface area contributed by atoms with Gasteiger partial charge in [0.15, 0.2) is 0 Å². The Labute approximate surface area is 255 Å². The number of hydrogen-bond donors (Lipinski definition) is 4. The molecule has 0 spiro atoms. The number of carboxylic acid groups (broad SMARTS) is 2. The van der Waals surface area contributed by atoms with Crippen molar-refractivity contribution < 1.29 is 19.8 Å². The van der Waals surface area contributed by atoms with Gasteiger partial charge in [0.25, 0.3) is 0 Å². The Morgan fingerprint density at radius 1 is 0.591 bits per heavy atom. The van der Waals surface area contributed by atoms with Crippen molar-refractivity contribution in [3.63, 3.8) is 0 Å². The van der Waals surface area contributed by atoms with Crippen molar-refractivity contribution in [1.82, 2.24) is 19.9 Å². The summed E-state index contributed by atoms with van der Waals surface area (Å²) < 4.78 is 0. The fraction of sp³-hybridized carbons (Fsp3) is 0.278. The second kappa shape index (κ2) is 10.9. The highest BCUT2D eigenvalue weighted by Crippen LogP contribution is 2.40. The Kier molecular flexibility index (Phi) is 7.24. The zero-order valence-corrected chi connectivity index (χ0v) is 25.9. The van der Waals surface area contributed by atoms with Crippen molar-refractivity contribution in [2.75, 3.05) is 0 Å². The number of hydrogen-bond acceptors (Lipinski definition) is 4. The maximum absolute atomic E-state index is 12.1. The van der Waals surface area contributed by atoms with Crippen molar-refractivity contribution in [3.05, 3.63) is 81.2 Å². The molecule has 4 aromatic rings. The minimum Gasteiger partial charge on any atom is -0.478 e. The molecule has 4 N–H and O–H groups in total. The van der Waals surface area contributed by atoms with E-state index in [1.165, 1.54) is 28.8 Å². The van der Waals surface area contributed by atoms with Crippen LogP contribution in [0.2, 0.25) is 0 Å². The molecule has 44 heavy (non-hydrogen) atoms. The number of carboxylic acids is 2. The van der Waals surface area contributed by atoms with E-state index in [1.807, 2.05) is 12.1 Å². The lowest BCUT2D eigenvalue weighted by molar-refractivity contribution is 0.0651. The summed E-state index contributed by atoms with van der Waals surface area (Å²) in [7, 11) is 0. The molecule has 0 aliphatic carbocycles. The number of aromatic carboxylic acids is 2. The molecule has 0 radical (unpaired) electrons. The maximum atomic E-state index is 12.1. The van der Waals surface area contributed by atoms with Crippen LogP contribution in [0.5, 0.6) is 0 Å². The lowest BCUT2D eigenvalue weighted by Gasteiger charge is -2.06. The second-order valence-corrected chi connectivity index (χ2v) is 11.4. The van der Waals surface area contributed by atoms with Crippen LogP contribution in [-0.4, -0.2) is 42.1 Å².